The smallest absolute Gasteiger partial charge is 0.141 e. The van der Waals surface area contributed by atoms with Crippen molar-refractivity contribution in [3.05, 3.63) is 54.9 Å². The van der Waals surface area contributed by atoms with Crippen molar-refractivity contribution in [1.29, 1.82) is 0 Å². The zero-order chi connectivity index (χ0) is 19.2. The van der Waals surface area contributed by atoms with Gasteiger partial charge in [-0.05, 0) is 37.7 Å². The number of likely N-dealkylation sites (N-methyl/N-ethyl adjacent to an activating group) is 1. The van der Waals surface area contributed by atoms with Crippen LogP contribution in [0.2, 0.25) is 0 Å². The van der Waals surface area contributed by atoms with Crippen LogP contribution in [0.15, 0.2) is 54.9 Å². The number of nitrogens with one attached hydrogen (secondary N) is 1. The Morgan fingerprint density at radius 2 is 1.82 bits per heavy atom. The van der Waals surface area contributed by atoms with Gasteiger partial charge in [0.1, 0.15) is 17.9 Å². The van der Waals surface area contributed by atoms with Gasteiger partial charge in [-0.1, -0.05) is 18.2 Å². The minimum atomic E-state index is 0.720. The molecule has 0 aliphatic carbocycles. The number of hydrogen-bond acceptors (Lipinski definition) is 6. The molecule has 0 bridgehead atoms. The molecule has 1 fully saturated rings. The second-order valence-electron chi connectivity index (χ2n) is 7.24. The lowest BCUT2D eigenvalue weighted by Gasteiger charge is -2.32. The van der Waals surface area contributed by atoms with E-state index in [4.69, 9.17) is 4.74 Å². The summed E-state index contributed by atoms with van der Waals surface area (Å²) in [6.45, 7) is 6.43. The molecule has 0 unspecified atom stereocenters. The van der Waals surface area contributed by atoms with Crippen molar-refractivity contribution in [3.8, 4) is 5.75 Å². The van der Waals surface area contributed by atoms with Gasteiger partial charge in [0.05, 0.1) is 12.1 Å². The first kappa shape index (κ1) is 18.7. The molecule has 0 amide bonds. The van der Waals surface area contributed by atoms with Gasteiger partial charge in [0, 0.05) is 49.9 Å². The SMILES string of the molecule is CN1CCN(CCCOc2ccc3c(Nc4ccccc4)ncnc3c2)CC1. The number of aromatic nitrogens is 2. The van der Waals surface area contributed by atoms with Gasteiger partial charge in [0.2, 0.25) is 0 Å². The summed E-state index contributed by atoms with van der Waals surface area (Å²) < 4.78 is 5.97. The van der Waals surface area contributed by atoms with Crippen LogP contribution in [0.1, 0.15) is 6.42 Å². The lowest BCUT2D eigenvalue weighted by atomic mass is 10.2. The lowest BCUT2D eigenvalue weighted by molar-refractivity contribution is 0.145. The van der Waals surface area contributed by atoms with Crippen LogP contribution in [0.5, 0.6) is 5.75 Å². The molecule has 1 aliphatic rings. The van der Waals surface area contributed by atoms with Gasteiger partial charge in [-0.25, -0.2) is 9.97 Å². The van der Waals surface area contributed by atoms with E-state index in [9.17, 15) is 0 Å². The number of anilines is 2. The summed E-state index contributed by atoms with van der Waals surface area (Å²) in [5.41, 5.74) is 1.89. The van der Waals surface area contributed by atoms with Crippen molar-refractivity contribution >= 4 is 22.4 Å². The molecule has 0 spiro atoms. The maximum atomic E-state index is 5.97. The average Bonchev–Trinajstić information content (AvgIpc) is 2.73. The Hall–Kier alpha value is -2.70. The fourth-order valence-corrected chi connectivity index (χ4v) is 3.43. The number of para-hydroxylation sites is 1. The minimum Gasteiger partial charge on any atom is -0.493 e. The van der Waals surface area contributed by atoms with Gasteiger partial charge in [0.15, 0.2) is 0 Å². The number of hydrogen-bond donors (Lipinski definition) is 1. The quantitative estimate of drug-likeness (QED) is 0.637. The van der Waals surface area contributed by atoms with E-state index in [0.717, 1.165) is 73.9 Å². The standard InChI is InChI=1S/C22H27N5O/c1-26-11-13-27(14-12-26)10-5-15-28-19-8-9-20-21(16-19)23-17-24-22(20)25-18-6-3-2-4-7-18/h2-4,6-9,16-17H,5,10-15H2,1H3,(H,23,24,25). The highest BCUT2D eigenvalue weighted by atomic mass is 16.5. The molecule has 146 valence electrons. The van der Waals surface area contributed by atoms with E-state index < -0.39 is 0 Å². The summed E-state index contributed by atoms with van der Waals surface area (Å²) in [7, 11) is 2.19. The molecular formula is C22H27N5O. The number of piperazine rings is 1. The Labute approximate surface area is 166 Å². The number of fused-ring (bicyclic) bond motifs is 1. The molecule has 2 heterocycles. The number of benzene rings is 2. The number of nitrogens with zero attached hydrogens (tertiary/aromatic N) is 4. The van der Waals surface area contributed by atoms with E-state index in [2.05, 4.69) is 32.1 Å². The molecule has 1 N–H and O–H groups in total. The third kappa shape index (κ3) is 4.77. The Morgan fingerprint density at radius 1 is 1.00 bits per heavy atom. The number of ether oxygens (including phenoxy) is 1. The number of rotatable bonds is 7. The molecule has 3 aromatic rings. The van der Waals surface area contributed by atoms with Crippen molar-refractivity contribution < 1.29 is 4.74 Å². The Balaban J connectivity index is 1.34. The molecule has 4 rings (SSSR count). The van der Waals surface area contributed by atoms with Crippen LogP contribution < -0.4 is 10.1 Å². The highest BCUT2D eigenvalue weighted by Gasteiger charge is 2.13. The molecule has 2 aromatic carbocycles. The van der Waals surface area contributed by atoms with Crippen LogP contribution in [-0.4, -0.2) is 66.1 Å². The second kappa shape index (κ2) is 8.99. The van der Waals surface area contributed by atoms with Gasteiger partial charge in [-0.15, -0.1) is 0 Å². The molecule has 1 aromatic heterocycles. The van der Waals surface area contributed by atoms with Crippen molar-refractivity contribution in [1.82, 2.24) is 19.8 Å². The molecule has 0 saturated carbocycles. The van der Waals surface area contributed by atoms with Crippen LogP contribution in [0.4, 0.5) is 11.5 Å². The summed E-state index contributed by atoms with van der Waals surface area (Å²) in [6, 6.07) is 16.0. The van der Waals surface area contributed by atoms with Gasteiger partial charge in [-0.3, -0.25) is 0 Å². The van der Waals surface area contributed by atoms with Gasteiger partial charge in [-0.2, -0.15) is 0 Å². The average molecular weight is 377 g/mol. The van der Waals surface area contributed by atoms with E-state index >= 15 is 0 Å². The van der Waals surface area contributed by atoms with Crippen LogP contribution in [-0.2, 0) is 0 Å². The predicted octanol–water partition coefficient (Wildman–Crippen LogP) is 3.39. The Morgan fingerprint density at radius 3 is 2.64 bits per heavy atom. The van der Waals surface area contributed by atoms with Gasteiger partial charge < -0.3 is 19.9 Å². The van der Waals surface area contributed by atoms with Crippen LogP contribution in [0, 0.1) is 0 Å². The molecule has 0 atom stereocenters. The topological polar surface area (TPSA) is 53.5 Å². The Kier molecular flexibility index (Phi) is 5.99. The van der Waals surface area contributed by atoms with Crippen LogP contribution in [0.25, 0.3) is 10.9 Å². The molecule has 28 heavy (non-hydrogen) atoms. The lowest BCUT2D eigenvalue weighted by Crippen LogP contribution is -2.44. The zero-order valence-corrected chi connectivity index (χ0v) is 16.3. The highest BCUT2D eigenvalue weighted by molar-refractivity contribution is 5.91. The fraction of sp³-hybridized carbons (Fsp3) is 0.364. The van der Waals surface area contributed by atoms with E-state index in [1.807, 2.05) is 48.5 Å². The summed E-state index contributed by atoms with van der Waals surface area (Å²) in [4.78, 5) is 13.7. The van der Waals surface area contributed by atoms with Gasteiger partial charge in [0.25, 0.3) is 0 Å². The van der Waals surface area contributed by atoms with Gasteiger partial charge >= 0.3 is 0 Å². The highest BCUT2D eigenvalue weighted by Crippen LogP contribution is 2.26. The minimum absolute atomic E-state index is 0.720. The maximum absolute atomic E-state index is 5.97. The van der Waals surface area contributed by atoms with E-state index in [1.165, 1.54) is 0 Å². The monoisotopic (exact) mass is 377 g/mol. The van der Waals surface area contributed by atoms with E-state index in [0.29, 0.717) is 0 Å². The first-order chi connectivity index (χ1) is 13.8. The van der Waals surface area contributed by atoms with E-state index in [-0.39, 0.29) is 0 Å². The van der Waals surface area contributed by atoms with Crippen molar-refractivity contribution in [2.24, 2.45) is 0 Å². The third-order valence-electron chi connectivity index (χ3n) is 5.13. The van der Waals surface area contributed by atoms with Crippen LogP contribution >= 0.6 is 0 Å². The Bertz CT molecular complexity index is 894. The molecule has 6 heteroatoms. The largest absolute Gasteiger partial charge is 0.493 e. The van der Waals surface area contributed by atoms with Crippen molar-refractivity contribution in [2.75, 3.05) is 51.7 Å². The first-order valence-corrected chi connectivity index (χ1v) is 9.88. The molecule has 6 nitrogen and oxygen atoms in total. The maximum Gasteiger partial charge on any atom is 0.141 e. The summed E-state index contributed by atoms with van der Waals surface area (Å²) in [6.07, 6.45) is 2.62. The van der Waals surface area contributed by atoms with Crippen molar-refractivity contribution in [2.45, 2.75) is 6.42 Å². The summed E-state index contributed by atoms with van der Waals surface area (Å²) in [5, 5.41) is 4.34. The molecule has 1 aliphatic heterocycles. The fourth-order valence-electron chi connectivity index (χ4n) is 3.43. The van der Waals surface area contributed by atoms with Crippen molar-refractivity contribution in [3.63, 3.8) is 0 Å². The normalized spacial score (nSPS) is 15.6. The molecule has 1 saturated heterocycles. The van der Waals surface area contributed by atoms with E-state index in [1.54, 1.807) is 6.33 Å². The second-order valence-corrected chi connectivity index (χ2v) is 7.24. The zero-order valence-electron chi connectivity index (χ0n) is 16.3. The summed E-state index contributed by atoms with van der Waals surface area (Å²) >= 11 is 0. The third-order valence-corrected chi connectivity index (χ3v) is 5.13. The first-order valence-electron chi connectivity index (χ1n) is 9.88. The predicted molar refractivity (Wildman–Crippen MR) is 113 cm³/mol. The molecular weight excluding hydrogens is 350 g/mol. The molecule has 0 radical (unpaired) electrons. The van der Waals surface area contributed by atoms with Crippen LogP contribution in [0.3, 0.4) is 0 Å². The summed E-state index contributed by atoms with van der Waals surface area (Å²) in [5.74, 6) is 1.66.